The van der Waals surface area contributed by atoms with Crippen LogP contribution in [-0.4, -0.2) is 66.9 Å². The average Bonchev–Trinajstić information content (AvgIpc) is 2.86. The molecule has 1 aliphatic heterocycles. The molecule has 0 saturated carbocycles. The number of ether oxygens (including phenoxy) is 5. The first-order valence-electron chi connectivity index (χ1n) is 14.0. The van der Waals surface area contributed by atoms with Gasteiger partial charge in [-0.05, 0) is 88.3 Å². The molecule has 1 aliphatic rings. The van der Waals surface area contributed by atoms with Crippen LogP contribution in [0, 0.1) is 16.2 Å². The second-order valence-corrected chi connectivity index (χ2v) is 13.5. The first-order valence-corrected chi connectivity index (χ1v) is 14.0. The fourth-order valence-corrected chi connectivity index (χ4v) is 3.33. The fraction of sp³-hybridized carbons (Fsp3) is 0.645. The lowest BCUT2D eigenvalue weighted by Crippen LogP contribution is -2.61. The van der Waals surface area contributed by atoms with Crippen molar-refractivity contribution in [3.8, 4) is 0 Å². The topological polar surface area (TPSA) is 136 Å². The van der Waals surface area contributed by atoms with Gasteiger partial charge in [0.2, 0.25) is 6.29 Å². The normalized spacial score (nSPS) is 22.4. The van der Waals surface area contributed by atoms with Crippen LogP contribution in [0.25, 0.3) is 0 Å². The third kappa shape index (κ3) is 9.90. The summed E-state index contributed by atoms with van der Waals surface area (Å²) < 4.78 is 29.4. The van der Waals surface area contributed by atoms with E-state index in [0.717, 1.165) is 0 Å². The standard InChI is InChI=1S/C31H45NO10/c1-18(2)38-25-21(32-42-24(33)19-15-13-12-14-16-19)23(41-28(36)31(9,10)11)22(40-27(35)30(6,7)8)20(39-25)17-37-26(34)29(3,4)5/h12-16,18,20,22-23,25H,17H2,1-11H3/b32-21+/t20-,22-,23-,25-/m1/s1. The number of carbonyl (C=O) groups is 4. The summed E-state index contributed by atoms with van der Waals surface area (Å²) in [7, 11) is 0. The number of carbonyl (C=O) groups excluding carboxylic acids is 4. The molecule has 0 aliphatic carbocycles. The van der Waals surface area contributed by atoms with Gasteiger partial charge in [0.1, 0.15) is 12.7 Å². The first kappa shape index (κ1) is 34.9. The lowest BCUT2D eigenvalue weighted by Gasteiger charge is -2.42. The number of rotatable bonds is 8. The Balaban J connectivity index is 2.64. The second-order valence-electron chi connectivity index (χ2n) is 13.5. The van der Waals surface area contributed by atoms with Crippen LogP contribution in [0.4, 0.5) is 0 Å². The summed E-state index contributed by atoms with van der Waals surface area (Å²) >= 11 is 0. The van der Waals surface area contributed by atoms with E-state index in [2.05, 4.69) is 5.16 Å². The van der Waals surface area contributed by atoms with Crippen LogP contribution >= 0.6 is 0 Å². The van der Waals surface area contributed by atoms with E-state index in [1.807, 2.05) is 0 Å². The highest BCUT2D eigenvalue weighted by Gasteiger charge is 2.52. The van der Waals surface area contributed by atoms with Crippen molar-refractivity contribution in [2.45, 2.75) is 107 Å². The molecule has 234 valence electrons. The van der Waals surface area contributed by atoms with E-state index in [0.29, 0.717) is 0 Å². The molecule has 0 unspecified atom stereocenters. The van der Waals surface area contributed by atoms with Gasteiger partial charge in [0.15, 0.2) is 17.9 Å². The number of hydrogen-bond acceptors (Lipinski definition) is 11. The summed E-state index contributed by atoms with van der Waals surface area (Å²) in [6, 6.07) is 8.17. The Morgan fingerprint density at radius 1 is 0.810 bits per heavy atom. The van der Waals surface area contributed by atoms with Crippen molar-refractivity contribution >= 4 is 29.6 Å². The van der Waals surface area contributed by atoms with Crippen molar-refractivity contribution in [2.75, 3.05) is 6.61 Å². The van der Waals surface area contributed by atoms with Crippen molar-refractivity contribution in [3.05, 3.63) is 35.9 Å². The van der Waals surface area contributed by atoms with Gasteiger partial charge < -0.3 is 28.5 Å². The van der Waals surface area contributed by atoms with Crippen molar-refractivity contribution in [1.82, 2.24) is 0 Å². The molecule has 1 heterocycles. The number of hydrogen-bond donors (Lipinski definition) is 0. The Labute approximate surface area is 248 Å². The Morgan fingerprint density at radius 3 is 1.83 bits per heavy atom. The largest absolute Gasteiger partial charge is 0.462 e. The van der Waals surface area contributed by atoms with Crippen molar-refractivity contribution in [2.24, 2.45) is 21.4 Å². The maximum atomic E-state index is 13.2. The lowest BCUT2D eigenvalue weighted by molar-refractivity contribution is -0.233. The molecule has 42 heavy (non-hydrogen) atoms. The Morgan fingerprint density at radius 2 is 1.33 bits per heavy atom. The number of benzene rings is 1. The zero-order chi connectivity index (χ0) is 32.0. The van der Waals surface area contributed by atoms with Crippen molar-refractivity contribution < 1.29 is 47.7 Å². The average molecular weight is 592 g/mol. The van der Waals surface area contributed by atoms with Gasteiger partial charge in [0.05, 0.1) is 27.9 Å². The molecule has 0 spiro atoms. The minimum atomic E-state index is -1.41. The van der Waals surface area contributed by atoms with Crippen molar-refractivity contribution in [1.29, 1.82) is 0 Å². The lowest BCUT2D eigenvalue weighted by atomic mass is 9.94. The Hall–Kier alpha value is -3.31. The zero-order valence-electron chi connectivity index (χ0n) is 26.5. The molecule has 0 amide bonds. The summed E-state index contributed by atoms with van der Waals surface area (Å²) in [4.78, 5) is 57.0. The van der Waals surface area contributed by atoms with Crippen LogP contribution in [0.15, 0.2) is 35.5 Å². The van der Waals surface area contributed by atoms with E-state index in [9.17, 15) is 19.2 Å². The maximum Gasteiger partial charge on any atom is 0.365 e. The van der Waals surface area contributed by atoms with Gasteiger partial charge in [0.25, 0.3) is 0 Å². The van der Waals surface area contributed by atoms with Gasteiger partial charge in [-0.3, -0.25) is 14.4 Å². The van der Waals surface area contributed by atoms with E-state index >= 15 is 0 Å². The molecule has 4 atom stereocenters. The quantitative estimate of drug-likeness (QED) is 0.178. The van der Waals surface area contributed by atoms with E-state index < -0.39 is 70.8 Å². The summed E-state index contributed by atoms with van der Waals surface area (Å²) in [5, 5.41) is 4.04. The van der Waals surface area contributed by atoms with Crippen LogP contribution in [-0.2, 0) is 42.9 Å². The predicted molar refractivity (Wildman–Crippen MR) is 153 cm³/mol. The van der Waals surface area contributed by atoms with Crippen LogP contribution in [0.1, 0.15) is 86.5 Å². The second kappa shape index (κ2) is 13.8. The van der Waals surface area contributed by atoms with E-state index in [-0.39, 0.29) is 17.9 Å². The molecular weight excluding hydrogens is 546 g/mol. The monoisotopic (exact) mass is 591 g/mol. The molecule has 0 aromatic heterocycles. The maximum absolute atomic E-state index is 13.2. The Kier molecular flexibility index (Phi) is 11.4. The first-order chi connectivity index (χ1) is 19.2. The molecule has 2 rings (SSSR count). The molecule has 1 saturated heterocycles. The van der Waals surface area contributed by atoms with Crippen molar-refractivity contribution in [3.63, 3.8) is 0 Å². The minimum absolute atomic E-state index is 0.143. The van der Waals surface area contributed by atoms with Gasteiger partial charge in [-0.1, -0.05) is 23.4 Å². The van der Waals surface area contributed by atoms with Crippen LogP contribution in [0.5, 0.6) is 0 Å². The van der Waals surface area contributed by atoms with Gasteiger partial charge in [-0.25, -0.2) is 4.79 Å². The minimum Gasteiger partial charge on any atom is -0.462 e. The molecule has 1 aromatic rings. The highest BCUT2D eigenvalue weighted by molar-refractivity contribution is 5.96. The van der Waals surface area contributed by atoms with Crippen LogP contribution in [0.3, 0.4) is 0 Å². The molecule has 0 N–H and O–H groups in total. The molecular formula is C31H45NO10. The number of oxime groups is 1. The molecule has 11 heteroatoms. The molecule has 0 bridgehead atoms. The van der Waals surface area contributed by atoms with Crippen LogP contribution in [0.2, 0.25) is 0 Å². The third-order valence-corrected chi connectivity index (χ3v) is 5.83. The fourth-order valence-electron chi connectivity index (χ4n) is 3.33. The highest BCUT2D eigenvalue weighted by atomic mass is 16.7. The van der Waals surface area contributed by atoms with Gasteiger partial charge >= 0.3 is 23.9 Å². The van der Waals surface area contributed by atoms with Gasteiger partial charge in [-0.15, -0.1) is 0 Å². The van der Waals surface area contributed by atoms with Gasteiger partial charge in [0, 0.05) is 0 Å². The van der Waals surface area contributed by atoms with Crippen LogP contribution < -0.4 is 0 Å². The summed E-state index contributed by atoms with van der Waals surface area (Å²) in [5.41, 5.74) is -2.66. The number of nitrogens with zero attached hydrogens (tertiary/aromatic N) is 1. The van der Waals surface area contributed by atoms with E-state index in [1.165, 1.54) is 0 Å². The number of esters is 3. The predicted octanol–water partition coefficient (Wildman–Crippen LogP) is 4.85. The van der Waals surface area contributed by atoms with E-state index in [1.54, 1.807) is 106 Å². The Bertz CT molecular complexity index is 1140. The summed E-state index contributed by atoms with van der Waals surface area (Å²) in [6.07, 6.45) is -5.61. The smallest absolute Gasteiger partial charge is 0.365 e. The summed E-state index contributed by atoms with van der Waals surface area (Å²) in [5.74, 6) is -2.59. The molecule has 1 fully saturated rings. The van der Waals surface area contributed by atoms with E-state index in [4.69, 9.17) is 28.5 Å². The summed E-state index contributed by atoms with van der Waals surface area (Å²) in [6.45, 7) is 18.2. The highest BCUT2D eigenvalue weighted by Crippen LogP contribution is 2.31. The molecule has 0 radical (unpaired) electrons. The SMILES string of the molecule is CC(C)O[C@@H]1O[C@H](COC(=O)C(C)(C)C)[C@@H](OC(=O)C(C)(C)C)[C@H](OC(=O)C(C)(C)C)/C1=N\OC(=O)c1ccccc1. The molecule has 1 aromatic carbocycles. The zero-order valence-corrected chi connectivity index (χ0v) is 26.5. The molecule has 11 nitrogen and oxygen atoms in total. The third-order valence-electron chi connectivity index (χ3n) is 5.83. The van der Waals surface area contributed by atoms with Gasteiger partial charge in [-0.2, -0.15) is 0 Å².